The number of carbonyl (C=O) groups is 1. The molecule has 0 saturated heterocycles. The summed E-state index contributed by atoms with van der Waals surface area (Å²) in [5.74, 6) is 0.0317. The number of nitrogens with one attached hydrogen (secondary N) is 1. The SMILES string of the molecule is O=C(NCl)c1cccc(Br)c1COc1ccn(S)n1. The number of benzene rings is 1. The molecular formula is C11H9BrClN3O2S. The molecule has 5 nitrogen and oxygen atoms in total. The summed E-state index contributed by atoms with van der Waals surface area (Å²) in [6, 6.07) is 6.90. The number of carbonyl (C=O) groups excluding carboxylic acids is 1. The summed E-state index contributed by atoms with van der Waals surface area (Å²) in [7, 11) is 0. The van der Waals surface area contributed by atoms with Crippen LogP contribution in [-0.2, 0) is 6.61 Å². The fourth-order valence-electron chi connectivity index (χ4n) is 1.49. The number of thiol groups is 1. The highest BCUT2D eigenvalue weighted by molar-refractivity contribution is 9.10. The molecule has 1 amide bonds. The van der Waals surface area contributed by atoms with Gasteiger partial charge in [-0.3, -0.25) is 9.63 Å². The van der Waals surface area contributed by atoms with Crippen LogP contribution in [0.3, 0.4) is 0 Å². The van der Waals surface area contributed by atoms with Gasteiger partial charge in [0, 0.05) is 39.6 Å². The Morgan fingerprint density at radius 1 is 1.53 bits per heavy atom. The molecule has 0 fully saturated rings. The minimum absolute atomic E-state index is 0.186. The fraction of sp³-hybridized carbons (Fsp3) is 0.0909. The van der Waals surface area contributed by atoms with Gasteiger partial charge in [-0.05, 0) is 24.9 Å². The molecule has 0 spiro atoms. The van der Waals surface area contributed by atoms with Gasteiger partial charge in [0.2, 0.25) is 5.88 Å². The summed E-state index contributed by atoms with van der Waals surface area (Å²) in [5.41, 5.74) is 1.13. The number of aromatic nitrogens is 2. The van der Waals surface area contributed by atoms with Crippen LogP contribution in [-0.4, -0.2) is 15.1 Å². The monoisotopic (exact) mass is 361 g/mol. The first-order chi connectivity index (χ1) is 9.11. The quantitative estimate of drug-likeness (QED) is 0.649. The van der Waals surface area contributed by atoms with Gasteiger partial charge in [-0.15, -0.1) is 5.10 Å². The second-order valence-corrected chi connectivity index (χ2v) is 5.01. The molecule has 8 heteroatoms. The zero-order chi connectivity index (χ0) is 13.8. The van der Waals surface area contributed by atoms with Crippen molar-refractivity contribution in [1.29, 1.82) is 0 Å². The molecule has 0 aliphatic rings. The predicted octanol–water partition coefficient (Wildman–Crippen LogP) is 2.80. The van der Waals surface area contributed by atoms with Crippen molar-refractivity contribution < 1.29 is 9.53 Å². The standard InChI is InChI=1S/C11H9BrClN3O2S/c12-9-3-1-2-7(11(17)14-13)8(9)6-18-10-4-5-16(19)15-10/h1-5,19H,6H2,(H,14,17). The van der Waals surface area contributed by atoms with E-state index < -0.39 is 0 Å². The van der Waals surface area contributed by atoms with Crippen LogP contribution in [0.1, 0.15) is 15.9 Å². The van der Waals surface area contributed by atoms with Crippen LogP contribution >= 0.6 is 40.5 Å². The van der Waals surface area contributed by atoms with Crippen LogP contribution in [0.4, 0.5) is 0 Å². The topological polar surface area (TPSA) is 56.1 Å². The van der Waals surface area contributed by atoms with Crippen LogP contribution in [0.5, 0.6) is 5.88 Å². The molecule has 0 aliphatic heterocycles. The summed E-state index contributed by atoms with van der Waals surface area (Å²) >= 11 is 12.7. The lowest BCUT2D eigenvalue weighted by Crippen LogP contribution is -2.16. The lowest BCUT2D eigenvalue weighted by atomic mass is 10.1. The van der Waals surface area contributed by atoms with Gasteiger partial charge >= 0.3 is 0 Å². The van der Waals surface area contributed by atoms with Crippen LogP contribution in [0.25, 0.3) is 0 Å². The highest BCUT2D eigenvalue weighted by Crippen LogP contribution is 2.22. The van der Waals surface area contributed by atoms with Crippen molar-refractivity contribution in [2.75, 3.05) is 0 Å². The normalized spacial score (nSPS) is 10.3. The van der Waals surface area contributed by atoms with Gasteiger partial charge in [0.1, 0.15) is 6.61 Å². The van der Waals surface area contributed by atoms with Gasteiger partial charge in [0.15, 0.2) is 0 Å². The van der Waals surface area contributed by atoms with Crippen molar-refractivity contribution in [2.45, 2.75) is 6.61 Å². The van der Waals surface area contributed by atoms with E-state index in [0.717, 1.165) is 4.47 Å². The van der Waals surface area contributed by atoms with E-state index in [-0.39, 0.29) is 12.5 Å². The Morgan fingerprint density at radius 2 is 2.32 bits per heavy atom. The molecule has 2 aromatic rings. The maximum Gasteiger partial charge on any atom is 0.266 e. The smallest absolute Gasteiger partial charge is 0.266 e. The minimum Gasteiger partial charge on any atom is -0.472 e. The lowest BCUT2D eigenvalue weighted by molar-refractivity contribution is 0.0979. The molecular weight excluding hydrogens is 354 g/mol. The Balaban J connectivity index is 2.21. The van der Waals surface area contributed by atoms with Crippen molar-refractivity contribution >= 4 is 46.4 Å². The summed E-state index contributed by atoms with van der Waals surface area (Å²) in [6.07, 6.45) is 1.64. The molecule has 0 aliphatic carbocycles. The van der Waals surface area contributed by atoms with E-state index in [2.05, 4.69) is 38.7 Å². The molecule has 0 bridgehead atoms. The van der Waals surface area contributed by atoms with Crippen LogP contribution in [0, 0.1) is 0 Å². The van der Waals surface area contributed by atoms with E-state index in [1.54, 1.807) is 24.4 Å². The second kappa shape index (κ2) is 6.31. The zero-order valence-corrected chi connectivity index (χ0v) is 12.7. The highest BCUT2D eigenvalue weighted by Gasteiger charge is 2.14. The number of halogens is 2. The number of hydrogen-bond donors (Lipinski definition) is 2. The first-order valence-corrected chi connectivity index (χ1v) is 6.75. The number of amides is 1. The molecule has 19 heavy (non-hydrogen) atoms. The molecule has 0 unspecified atom stereocenters. The second-order valence-electron chi connectivity index (χ2n) is 3.55. The zero-order valence-electron chi connectivity index (χ0n) is 9.51. The number of hydrogen-bond acceptors (Lipinski definition) is 4. The molecule has 0 radical (unpaired) electrons. The highest BCUT2D eigenvalue weighted by atomic mass is 79.9. The van der Waals surface area contributed by atoms with Crippen molar-refractivity contribution in [2.24, 2.45) is 0 Å². The van der Waals surface area contributed by atoms with Gasteiger partial charge in [0.05, 0.1) is 0 Å². The molecule has 1 aromatic heterocycles. The first kappa shape index (κ1) is 14.2. The maximum absolute atomic E-state index is 11.7. The maximum atomic E-state index is 11.7. The van der Waals surface area contributed by atoms with Crippen LogP contribution in [0.2, 0.25) is 0 Å². The molecule has 0 atom stereocenters. The largest absolute Gasteiger partial charge is 0.472 e. The molecule has 1 aromatic carbocycles. The third-order valence-electron chi connectivity index (χ3n) is 2.37. The Bertz CT molecular complexity index is 605. The molecule has 2 rings (SSSR count). The Morgan fingerprint density at radius 3 is 2.95 bits per heavy atom. The van der Waals surface area contributed by atoms with Gasteiger partial charge in [-0.2, -0.15) is 0 Å². The summed E-state index contributed by atoms with van der Waals surface area (Å²) in [4.78, 5) is 13.7. The summed E-state index contributed by atoms with van der Waals surface area (Å²) < 4.78 is 7.59. The number of ether oxygens (including phenoxy) is 1. The van der Waals surface area contributed by atoms with E-state index in [1.807, 2.05) is 6.07 Å². The van der Waals surface area contributed by atoms with Gasteiger partial charge in [0.25, 0.3) is 5.91 Å². The van der Waals surface area contributed by atoms with E-state index in [4.69, 9.17) is 16.5 Å². The average Bonchev–Trinajstić information content (AvgIpc) is 2.82. The Kier molecular flexibility index (Phi) is 4.73. The Hall–Kier alpha value is -1.18. The lowest BCUT2D eigenvalue weighted by Gasteiger charge is -2.10. The molecule has 1 N–H and O–H groups in total. The molecule has 100 valence electrons. The first-order valence-electron chi connectivity index (χ1n) is 5.18. The van der Waals surface area contributed by atoms with Crippen LogP contribution < -0.4 is 9.57 Å². The molecule has 1 heterocycles. The minimum atomic E-state index is -0.388. The van der Waals surface area contributed by atoms with Crippen molar-refractivity contribution in [1.82, 2.24) is 14.0 Å². The fourth-order valence-corrected chi connectivity index (χ4v) is 2.23. The van der Waals surface area contributed by atoms with Crippen molar-refractivity contribution in [3.63, 3.8) is 0 Å². The third kappa shape index (κ3) is 3.43. The summed E-state index contributed by atoms with van der Waals surface area (Å²) in [5, 5.41) is 3.97. The van der Waals surface area contributed by atoms with Gasteiger partial charge in [-0.1, -0.05) is 22.0 Å². The number of rotatable bonds is 4. The average molecular weight is 363 g/mol. The third-order valence-corrected chi connectivity index (χ3v) is 3.50. The van der Waals surface area contributed by atoms with E-state index in [0.29, 0.717) is 17.0 Å². The van der Waals surface area contributed by atoms with E-state index >= 15 is 0 Å². The molecule has 0 saturated carbocycles. The van der Waals surface area contributed by atoms with Gasteiger partial charge in [-0.25, -0.2) is 4.09 Å². The van der Waals surface area contributed by atoms with Crippen LogP contribution in [0.15, 0.2) is 34.9 Å². The predicted molar refractivity (Wildman–Crippen MR) is 78.4 cm³/mol. The van der Waals surface area contributed by atoms with Crippen molar-refractivity contribution in [3.8, 4) is 5.88 Å². The van der Waals surface area contributed by atoms with Crippen molar-refractivity contribution in [3.05, 3.63) is 46.1 Å². The summed E-state index contributed by atoms with van der Waals surface area (Å²) in [6.45, 7) is 0.186. The Labute approximate surface area is 128 Å². The van der Waals surface area contributed by atoms with Gasteiger partial charge < -0.3 is 4.74 Å². The number of nitrogens with zero attached hydrogens (tertiary/aromatic N) is 2. The van der Waals surface area contributed by atoms with E-state index in [9.17, 15) is 4.79 Å². The van der Waals surface area contributed by atoms with E-state index in [1.165, 1.54) is 4.09 Å².